The van der Waals surface area contributed by atoms with Crippen LogP contribution in [-0.2, 0) is 21.4 Å². The molecule has 0 heterocycles. The lowest BCUT2D eigenvalue weighted by Crippen LogP contribution is -2.37. The quantitative estimate of drug-likeness (QED) is 0.531. The average molecular weight is 455 g/mol. The van der Waals surface area contributed by atoms with E-state index in [1.54, 1.807) is 43.3 Å². The molecule has 0 radical (unpaired) electrons. The molecular weight excluding hydrogens is 428 g/mol. The number of sulfonamides is 1. The fourth-order valence-electron chi connectivity index (χ4n) is 3.27. The first-order chi connectivity index (χ1) is 15.3. The Hall–Kier alpha value is -3.36. The van der Waals surface area contributed by atoms with Crippen LogP contribution < -0.4 is 14.8 Å². The Bertz CT molecular complexity index is 1180. The second kappa shape index (κ2) is 10.3. The summed E-state index contributed by atoms with van der Waals surface area (Å²) in [5.74, 6) is 0.607. The Kier molecular flexibility index (Phi) is 7.50. The minimum absolute atomic E-state index is 0.0492. The van der Waals surface area contributed by atoms with E-state index in [2.05, 4.69) is 5.32 Å². The smallest absolute Gasteiger partial charge is 0.243 e. The summed E-state index contributed by atoms with van der Waals surface area (Å²) in [6, 6.07) is 20.7. The number of carbonyl (C=O) groups is 1. The molecule has 0 aliphatic rings. The van der Waals surface area contributed by atoms with Gasteiger partial charge in [-0.2, -0.15) is 4.31 Å². The lowest BCUT2D eigenvalue weighted by molar-refractivity contribution is -0.116. The summed E-state index contributed by atoms with van der Waals surface area (Å²) in [7, 11) is -0.933. The number of aryl methyl sites for hydroxylation is 1. The number of ether oxygens (including phenoxy) is 2. The van der Waals surface area contributed by atoms with Crippen LogP contribution in [0.15, 0.2) is 77.7 Å². The van der Waals surface area contributed by atoms with Crippen molar-refractivity contribution in [2.75, 3.05) is 26.1 Å². The Labute approximate surface area is 188 Å². The maximum absolute atomic E-state index is 13.5. The van der Waals surface area contributed by atoms with Crippen LogP contribution in [0.25, 0.3) is 0 Å². The molecule has 0 saturated carbocycles. The molecular formula is C24H26N2O5S. The van der Waals surface area contributed by atoms with E-state index in [0.29, 0.717) is 22.7 Å². The van der Waals surface area contributed by atoms with Gasteiger partial charge >= 0.3 is 0 Å². The molecule has 168 valence electrons. The van der Waals surface area contributed by atoms with E-state index in [9.17, 15) is 13.2 Å². The van der Waals surface area contributed by atoms with Gasteiger partial charge in [0, 0.05) is 6.54 Å². The van der Waals surface area contributed by atoms with Gasteiger partial charge in [0.15, 0.2) is 0 Å². The third-order valence-electron chi connectivity index (χ3n) is 4.91. The summed E-state index contributed by atoms with van der Waals surface area (Å²) < 4.78 is 38.6. The zero-order valence-corrected chi connectivity index (χ0v) is 19.1. The van der Waals surface area contributed by atoms with Crippen LogP contribution in [0.4, 0.5) is 5.69 Å². The third kappa shape index (κ3) is 5.46. The molecule has 0 spiro atoms. The highest BCUT2D eigenvalue weighted by Crippen LogP contribution is 2.26. The highest BCUT2D eigenvalue weighted by Gasteiger charge is 2.28. The van der Waals surface area contributed by atoms with Gasteiger partial charge in [0.2, 0.25) is 15.9 Å². The Morgan fingerprint density at radius 1 is 0.906 bits per heavy atom. The maximum Gasteiger partial charge on any atom is 0.243 e. The van der Waals surface area contributed by atoms with Crippen LogP contribution in [0.2, 0.25) is 0 Å². The molecule has 0 atom stereocenters. The molecule has 1 amide bonds. The largest absolute Gasteiger partial charge is 0.496 e. The van der Waals surface area contributed by atoms with E-state index >= 15 is 0 Å². The zero-order chi connectivity index (χ0) is 23.1. The Balaban J connectivity index is 1.91. The third-order valence-corrected chi connectivity index (χ3v) is 6.69. The van der Waals surface area contributed by atoms with Gasteiger partial charge in [0.1, 0.15) is 11.5 Å². The number of hydrogen-bond acceptors (Lipinski definition) is 5. The maximum atomic E-state index is 13.5. The molecule has 3 aromatic carbocycles. The van der Waals surface area contributed by atoms with Gasteiger partial charge in [-0.25, -0.2) is 8.42 Å². The Morgan fingerprint density at radius 3 is 2.22 bits per heavy atom. The Morgan fingerprint density at radius 2 is 1.56 bits per heavy atom. The number of nitrogens with zero attached hydrogens (tertiary/aromatic N) is 1. The predicted molar refractivity (Wildman–Crippen MR) is 123 cm³/mol. The number of amides is 1. The second-order valence-corrected chi connectivity index (χ2v) is 9.08. The second-order valence-electron chi connectivity index (χ2n) is 7.14. The van der Waals surface area contributed by atoms with Gasteiger partial charge in [-0.05, 0) is 48.4 Å². The van der Waals surface area contributed by atoms with Crippen LogP contribution in [0.3, 0.4) is 0 Å². The lowest BCUT2D eigenvalue weighted by Gasteiger charge is -2.23. The van der Waals surface area contributed by atoms with Crippen molar-refractivity contribution < 1.29 is 22.7 Å². The molecule has 1 N–H and O–H groups in total. The number of methoxy groups -OCH3 is 2. The molecule has 0 aromatic heterocycles. The number of para-hydroxylation sites is 2. The first-order valence-electron chi connectivity index (χ1n) is 9.96. The van der Waals surface area contributed by atoms with Gasteiger partial charge in [-0.1, -0.05) is 42.5 Å². The van der Waals surface area contributed by atoms with Crippen molar-refractivity contribution in [2.45, 2.75) is 18.4 Å². The van der Waals surface area contributed by atoms with E-state index < -0.39 is 15.9 Å². The van der Waals surface area contributed by atoms with Gasteiger partial charge < -0.3 is 14.8 Å². The summed E-state index contributed by atoms with van der Waals surface area (Å²) >= 11 is 0. The van der Waals surface area contributed by atoms with E-state index in [-0.39, 0.29) is 18.0 Å². The lowest BCUT2D eigenvalue weighted by atomic mass is 10.2. The van der Waals surface area contributed by atoms with Crippen LogP contribution in [0, 0.1) is 6.92 Å². The fraction of sp³-hybridized carbons (Fsp3) is 0.208. The molecule has 0 saturated heterocycles. The highest BCUT2D eigenvalue weighted by atomic mass is 32.2. The molecule has 3 aromatic rings. The van der Waals surface area contributed by atoms with Crippen LogP contribution >= 0.6 is 0 Å². The number of carbonyl (C=O) groups excluding carboxylic acids is 1. The number of anilines is 1. The number of hydrogen-bond donors (Lipinski definition) is 1. The standard InChI is InChI=1S/C24H26N2O5S/c1-18-15-20(13-14-22(18)30-2)32(28,29)26(16-19-9-5-4-6-10-19)17-24(27)25-21-11-7-8-12-23(21)31-3/h4-15H,16-17H2,1-3H3,(H,25,27). The van der Waals surface area contributed by atoms with Gasteiger partial charge in [-0.3, -0.25) is 4.79 Å². The first-order valence-corrected chi connectivity index (χ1v) is 11.4. The fourth-order valence-corrected chi connectivity index (χ4v) is 4.74. The van der Waals surface area contributed by atoms with Gasteiger partial charge in [0.25, 0.3) is 0 Å². The molecule has 0 fully saturated rings. The zero-order valence-electron chi connectivity index (χ0n) is 18.2. The van der Waals surface area contributed by atoms with E-state index in [1.807, 2.05) is 30.3 Å². The van der Waals surface area contributed by atoms with Gasteiger partial charge in [0.05, 0.1) is 31.3 Å². The molecule has 3 rings (SSSR count). The summed E-state index contributed by atoms with van der Waals surface area (Å²) in [5, 5.41) is 2.74. The number of benzene rings is 3. The first kappa shape index (κ1) is 23.3. The number of nitrogens with one attached hydrogen (secondary N) is 1. The van der Waals surface area contributed by atoms with Crippen molar-refractivity contribution in [3.05, 3.63) is 83.9 Å². The summed E-state index contributed by atoms with van der Waals surface area (Å²) in [4.78, 5) is 12.9. The summed E-state index contributed by atoms with van der Waals surface area (Å²) in [6.07, 6.45) is 0. The van der Waals surface area contributed by atoms with E-state index in [1.165, 1.54) is 20.3 Å². The molecule has 7 nitrogen and oxygen atoms in total. The SMILES string of the molecule is COc1ccc(S(=O)(=O)N(CC(=O)Nc2ccccc2OC)Cc2ccccc2)cc1C. The van der Waals surface area contributed by atoms with E-state index in [4.69, 9.17) is 9.47 Å². The molecule has 0 aliphatic carbocycles. The van der Waals surface area contributed by atoms with Crippen molar-refractivity contribution in [1.29, 1.82) is 0 Å². The minimum atomic E-state index is -3.96. The normalized spacial score (nSPS) is 11.2. The highest BCUT2D eigenvalue weighted by molar-refractivity contribution is 7.89. The summed E-state index contributed by atoms with van der Waals surface area (Å²) in [6.45, 7) is 1.46. The average Bonchev–Trinajstić information content (AvgIpc) is 2.79. The molecule has 0 aliphatic heterocycles. The van der Waals surface area contributed by atoms with Crippen LogP contribution in [0.1, 0.15) is 11.1 Å². The van der Waals surface area contributed by atoms with Crippen molar-refractivity contribution in [2.24, 2.45) is 0 Å². The van der Waals surface area contributed by atoms with E-state index in [0.717, 1.165) is 9.87 Å². The van der Waals surface area contributed by atoms with Crippen molar-refractivity contribution in [3.63, 3.8) is 0 Å². The van der Waals surface area contributed by atoms with Crippen molar-refractivity contribution in [3.8, 4) is 11.5 Å². The van der Waals surface area contributed by atoms with Crippen molar-refractivity contribution in [1.82, 2.24) is 4.31 Å². The molecule has 0 bridgehead atoms. The number of rotatable bonds is 9. The van der Waals surface area contributed by atoms with Gasteiger partial charge in [-0.15, -0.1) is 0 Å². The molecule has 32 heavy (non-hydrogen) atoms. The van der Waals surface area contributed by atoms with Crippen LogP contribution in [0.5, 0.6) is 11.5 Å². The minimum Gasteiger partial charge on any atom is -0.496 e. The molecule has 0 unspecified atom stereocenters. The predicted octanol–water partition coefficient (Wildman–Crippen LogP) is 3.84. The monoisotopic (exact) mass is 454 g/mol. The molecule has 8 heteroatoms. The van der Waals surface area contributed by atoms with Crippen molar-refractivity contribution >= 4 is 21.6 Å². The topological polar surface area (TPSA) is 84.9 Å². The van der Waals surface area contributed by atoms with Crippen LogP contribution in [-0.4, -0.2) is 39.4 Å². The summed E-state index contributed by atoms with van der Waals surface area (Å²) in [5.41, 5.74) is 1.93.